The van der Waals surface area contributed by atoms with Gasteiger partial charge < -0.3 is 4.90 Å². The minimum atomic E-state index is 0.671. The van der Waals surface area contributed by atoms with Crippen molar-refractivity contribution in [3.63, 3.8) is 0 Å². The van der Waals surface area contributed by atoms with E-state index in [1.807, 2.05) is 25.2 Å². The predicted octanol–water partition coefficient (Wildman–Crippen LogP) is 2.74. The summed E-state index contributed by atoms with van der Waals surface area (Å²) in [5.74, 6) is 0.744. The lowest BCUT2D eigenvalue weighted by Gasteiger charge is -2.23. The first kappa shape index (κ1) is 15.9. The zero-order valence-corrected chi connectivity index (χ0v) is 14.4. The first-order chi connectivity index (χ1) is 11.2. The van der Waals surface area contributed by atoms with Crippen molar-refractivity contribution in [3.05, 3.63) is 39.2 Å². The third kappa shape index (κ3) is 3.52. The van der Waals surface area contributed by atoms with Gasteiger partial charge in [0.05, 0.1) is 5.69 Å². The molecule has 0 unspecified atom stereocenters. The van der Waals surface area contributed by atoms with Crippen molar-refractivity contribution in [1.29, 1.82) is 5.26 Å². The van der Waals surface area contributed by atoms with Gasteiger partial charge in [0.2, 0.25) is 0 Å². The van der Waals surface area contributed by atoms with Crippen LogP contribution in [-0.2, 0) is 6.54 Å². The highest BCUT2D eigenvalue weighted by Gasteiger charge is 2.21. The van der Waals surface area contributed by atoms with E-state index in [4.69, 9.17) is 0 Å². The Labute approximate surface area is 141 Å². The molecule has 0 amide bonds. The van der Waals surface area contributed by atoms with E-state index in [0.29, 0.717) is 5.56 Å². The molecule has 120 valence electrons. The van der Waals surface area contributed by atoms with E-state index in [1.165, 1.54) is 4.88 Å². The Bertz CT molecular complexity index is 705. The molecule has 3 rings (SSSR count). The molecule has 0 spiro atoms. The molecule has 23 heavy (non-hydrogen) atoms. The third-order valence-corrected chi connectivity index (χ3v) is 5.26. The monoisotopic (exact) mass is 327 g/mol. The summed E-state index contributed by atoms with van der Waals surface area (Å²) in [6, 6.07) is 6.61. The fourth-order valence-electron chi connectivity index (χ4n) is 2.91. The molecule has 1 saturated heterocycles. The van der Waals surface area contributed by atoms with Crippen molar-refractivity contribution >= 4 is 17.2 Å². The summed E-state index contributed by atoms with van der Waals surface area (Å²) in [4.78, 5) is 6.10. The molecule has 0 saturated carbocycles. The number of hydrogen-bond acceptors (Lipinski definition) is 6. The van der Waals surface area contributed by atoms with E-state index in [1.54, 1.807) is 0 Å². The van der Waals surface area contributed by atoms with Crippen LogP contribution < -0.4 is 4.90 Å². The number of hydrogen-bond donors (Lipinski definition) is 0. The molecule has 0 aliphatic carbocycles. The van der Waals surface area contributed by atoms with Gasteiger partial charge in [-0.05, 0) is 37.3 Å². The van der Waals surface area contributed by atoms with Gasteiger partial charge in [-0.15, -0.1) is 16.4 Å². The lowest BCUT2D eigenvalue weighted by molar-refractivity contribution is 0.288. The van der Waals surface area contributed by atoms with Crippen LogP contribution in [0.3, 0.4) is 0 Å². The van der Waals surface area contributed by atoms with Gasteiger partial charge in [0.15, 0.2) is 5.82 Å². The number of rotatable bonds is 3. The number of thiophene rings is 1. The molecule has 2 aromatic rings. The summed E-state index contributed by atoms with van der Waals surface area (Å²) in [6.07, 6.45) is 1.07. The van der Waals surface area contributed by atoms with Crippen LogP contribution in [0.5, 0.6) is 0 Å². The lowest BCUT2D eigenvalue weighted by atomic mass is 10.1. The number of aryl methyl sites for hydroxylation is 1. The van der Waals surface area contributed by atoms with E-state index >= 15 is 0 Å². The summed E-state index contributed by atoms with van der Waals surface area (Å²) < 4.78 is 0. The fraction of sp³-hybridized carbons (Fsp3) is 0.471. The Morgan fingerprint density at radius 2 is 2.09 bits per heavy atom. The highest BCUT2D eigenvalue weighted by molar-refractivity contribution is 7.09. The van der Waals surface area contributed by atoms with E-state index < -0.39 is 0 Å². The quantitative estimate of drug-likeness (QED) is 0.867. The molecule has 5 nitrogen and oxygen atoms in total. The Morgan fingerprint density at radius 1 is 1.22 bits per heavy atom. The highest BCUT2D eigenvalue weighted by atomic mass is 32.1. The molecule has 1 fully saturated rings. The highest BCUT2D eigenvalue weighted by Crippen LogP contribution is 2.23. The average molecular weight is 327 g/mol. The van der Waals surface area contributed by atoms with Gasteiger partial charge in [-0.3, -0.25) is 4.90 Å². The first-order valence-corrected chi connectivity index (χ1v) is 8.80. The molecule has 1 aliphatic rings. The van der Waals surface area contributed by atoms with Crippen LogP contribution >= 0.6 is 11.3 Å². The summed E-state index contributed by atoms with van der Waals surface area (Å²) in [5, 5.41) is 20.2. The van der Waals surface area contributed by atoms with Crippen LogP contribution in [0.15, 0.2) is 17.5 Å². The first-order valence-electron chi connectivity index (χ1n) is 7.92. The summed E-state index contributed by atoms with van der Waals surface area (Å²) in [5.41, 5.74) is 2.45. The van der Waals surface area contributed by atoms with Crippen LogP contribution in [0.4, 0.5) is 5.82 Å². The molecular weight excluding hydrogens is 306 g/mol. The summed E-state index contributed by atoms with van der Waals surface area (Å²) in [7, 11) is 0. The maximum absolute atomic E-state index is 9.49. The molecule has 2 aromatic heterocycles. The van der Waals surface area contributed by atoms with Gasteiger partial charge >= 0.3 is 0 Å². The van der Waals surface area contributed by atoms with E-state index in [9.17, 15) is 5.26 Å². The largest absolute Gasteiger partial charge is 0.353 e. The molecule has 1 aliphatic heterocycles. The normalized spacial score (nSPS) is 16.1. The zero-order chi connectivity index (χ0) is 16.2. The van der Waals surface area contributed by atoms with E-state index in [2.05, 4.69) is 43.6 Å². The van der Waals surface area contributed by atoms with Crippen molar-refractivity contribution in [1.82, 2.24) is 15.1 Å². The van der Waals surface area contributed by atoms with Crippen molar-refractivity contribution in [2.75, 3.05) is 31.1 Å². The van der Waals surface area contributed by atoms with E-state index in [-0.39, 0.29) is 0 Å². The van der Waals surface area contributed by atoms with Crippen molar-refractivity contribution in [2.24, 2.45) is 0 Å². The average Bonchev–Trinajstić information content (AvgIpc) is 2.95. The SMILES string of the molecule is Cc1nnc(N2CCCN(Cc3cccs3)CC2)c(C#N)c1C. The van der Waals surface area contributed by atoms with Crippen LogP contribution in [0.2, 0.25) is 0 Å². The van der Waals surface area contributed by atoms with Gasteiger partial charge in [-0.25, -0.2) is 0 Å². The maximum atomic E-state index is 9.49. The van der Waals surface area contributed by atoms with Crippen molar-refractivity contribution in [2.45, 2.75) is 26.8 Å². The molecule has 6 heteroatoms. The Morgan fingerprint density at radius 3 is 2.83 bits per heavy atom. The topological polar surface area (TPSA) is 56.1 Å². The summed E-state index contributed by atoms with van der Waals surface area (Å²) in [6.45, 7) is 8.73. The summed E-state index contributed by atoms with van der Waals surface area (Å²) >= 11 is 1.81. The van der Waals surface area contributed by atoms with Crippen molar-refractivity contribution in [3.8, 4) is 6.07 Å². The second-order valence-corrected chi connectivity index (χ2v) is 6.95. The minimum Gasteiger partial charge on any atom is -0.353 e. The van der Waals surface area contributed by atoms with Crippen LogP contribution in [0.1, 0.15) is 28.1 Å². The van der Waals surface area contributed by atoms with Gasteiger partial charge in [0, 0.05) is 37.6 Å². The Kier molecular flexibility index (Phi) is 4.89. The Hall–Kier alpha value is -1.97. The second-order valence-electron chi connectivity index (χ2n) is 5.92. The maximum Gasteiger partial charge on any atom is 0.169 e. The number of aromatic nitrogens is 2. The molecule has 0 aromatic carbocycles. The fourth-order valence-corrected chi connectivity index (χ4v) is 3.66. The lowest BCUT2D eigenvalue weighted by Crippen LogP contribution is -2.31. The molecule has 0 radical (unpaired) electrons. The third-order valence-electron chi connectivity index (χ3n) is 4.40. The molecule has 0 bridgehead atoms. The van der Waals surface area contributed by atoms with Crippen LogP contribution in [0.25, 0.3) is 0 Å². The number of anilines is 1. The van der Waals surface area contributed by atoms with Crippen molar-refractivity contribution < 1.29 is 0 Å². The number of nitriles is 1. The van der Waals surface area contributed by atoms with Gasteiger partial charge in [0.1, 0.15) is 11.6 Å². The van der Waals surface area contributed by atoms with E-state index in [0.717, 1.165) is 56.2 Å². The van der Waals surface area contributed by atoms with Gasteiger partial charge in [0.25, 0.3) is 0 Å². The van der Waals surface area contributed by atoms with Crippen LogP contribution in [0, 0.1) is 25.2 Å². The van der Waals surface area contributed by atoms with Gasteiger partial charge in [-0.1, -0.05) is 6.07 Å². The minimum absolute atomic E-state index is 0.671. The standard InChI is InChI=1S/C17H21N5S/c1-13-14(2)19-20-17(16(13)11-18)22-7-4-6-21(8-9-22)12-15-5-3-10-23-15/h3,5,10H,4,6-9,12H2,1-2H3. The smallest absolute Gasteiger partial charge is 0.169 e. The Balaban J connectivity index is 1.73. The second kappa shape index (κ2) is 7.07. The predicted molar refractivity (Wildman–Crippen MR) is 92.6 cm³/mol. The number of nitrogens with zero attached hydrogens (tertiary/aromatic N) is 5. The molecule has 0 N–H and O–H groups in total. The zero-order valence-electron chi connectivity index (χ0n) is 13.6. The molecule has 0 atom stereocenters. The van der Waals surface area contributed by atoms with Crippen LogP contribution in [-0.4, -0.2) is 41.3 Å². The molecular formula is C17H21N5S. The molecule has 3 heterocycles. The van der Waals surface area contributed by atoms with Gasteiger partial charge in [-0.2, -0.15) is 10.4 Å².